The number of likely N-dealkylation sites (N-methyl/N-ethyl adjacent to an activating group) is 2. The largest absolute Gasteiger partial charge is 0.358 e. The van der Waals surface area contributed by atoms with Gasteiger partial charge in [0.1, 0.15) is 5.54 Å². The lowest BCUT2D eigenvalue weighted by Gasteiger charge is -2.34. The van der Waals surface area contributed by atoms with E-state index in [1.54, 1.807) is 25.6 Å². The summed E-state index contributed by atoms with van der Waals surface area (Å²) in [5.74, 6) is 0.145. The quantitative estimate of drug-likeness (QED) is 0.860. The van der Waals surface area contributed by atoms with Gasteiger partial charge in [0.2, 0.25) is 5.91 Å². The smallest absolute Gasteiger partial charge is 0.240 e. The molecule has 1 aliphatic rings. The number of nitrogens with one attached hydrogen (secondary N) is 1. The first-order valence-corrected chi connectivity index (χ1v) is 6.87. The van der Waals surface area contributed by atoms with Gasteiger partial charge in [0.05, 0.1) is 5.69 Å². The van der Waals surface area contributed by atoms with Crippen molar-refractivity contribution < 1.29 is 4.79 Å². The molecule has 0 spiro atoms. The SMILES string of the molecule is CNC(=O)C1(CCCc2cnccn2)CCCN1C. The van der Waals surface area contributed by atoms with Crippen LogP contribution in [0.5, 0.6) is 0 Å². The maximum absolute atomic E-state index is 12.2. The van der Waals surface area contributed by atoms with Crippen molar-refractivity contribution in [1.82, 2.24) is 20.2 Å². The molecule has 0 saturated carbocycles. The maximum atomic E-state index is 12.2. The zero-order valence-electron chi connectivity index (χ0n) is 11.7. The van der Waals surface area contributed by atoms with Gasteiger partial charge in [-0.1, -0.05) is 0 Å². The Morgan fingerprint density at radius 1 is 1.53 bits per heavy atom. The topological polar surface area (TPSA) is 58.1 Å². The van der Waals surface area contributed by atoms with E-state index in [9.17, 15) is 4.79 Å². The molecule has 19 heavy (non-hydrogen) atoms. The van der Waals surface area contributed by atoms with Crippen molar-refractivity contribution in [1.29, 1.82) is 0 Å². The fourth-order valence-corrected chi connectivity index (χ4v) is 2.98. The summed E-state index contributed by atoms with van der Waals surface area (Å²) in [5.41, 5.74) is 0.673. The number of likely N-dealkylation sites (tertiary alicyclic amines) is 1. The monoisotopic (exact) mass is 262 g/mol. The summed E-state index contributed by atoms with van der Waals surface area (Å²) >= 11 is 0. The van der Waals surface area contributed by atoms with Crippen molar-refractivity contribution in [2.24, 2.45) is 0 Å². The molecule has 0 aromatic carbocycles. The lowest BCUT2D eigenvalue weighted by atomic mass is 9.88. The third-order valence-electron chi connectivity index (χ3n) is 4.10. The molecular formula is C14H22N4O. The number of carbonyl (C=O) groups is 1. The Labute approximate surface area is 114 Å². The first kappa shape index (κ1) is 13.9. The third kappa shape index (κ3) is 2.92. The summed E-state index contributed by atoms with van der Waals surface area (Å²) in [7, 11) is 3.77. The predicted molar refractivity (Wildman–Crippen MR) is 73.6 cm³/mol. The normalized spacial score (nSPS) is 23.5. The van der Waals surface area contributed by atoms with Crippen molar-refractivity contribution in [3.05, 3.63) is 24.3 Å². The minimum atomic E-state index is -0.322. The number of rotatable bonds is 5. The van der Waals surface area contributed by atoms with Crippen LogP contribution >= 0.6 is 0 Å². The van der Waals surface area contributed by atoms with Gasteiger partial charge in [-0.25, -0.2) is 0 Å². The summed E-state index contributed by atoms with van der Waals surface area (Å²) in [6.07, 6.45) is 9.94. The molecule has 1 N–H and O–H groups in total. The van der Waals surface area contributed by atoms with E-state index in [2.05, 4.69) is 20.2 Å². The van der Waals surface area contributed by atoms with E-state index in [-0.39, 0.29) is 11.4 Å². The molecule has 1 aromatic rings. The number of amides is 1. The fourth-order valence-electron chi connectivity index (χ4n) is 2.98. The van der Waals surface area contributed by atoms with Gasteiger partial charge >= 0.3 is 0 Å². The van der Waals surface area contributed by atoms with Crippen molar-refractivity contribution in [3.63, 3.8) is 0 Å². The molecular weight excluding hydrogens is 240 g/mol. The Bertz CT molecular complexity index is 423. The zero-order valence-corrected chi connectivity index (χ0v) is 11.7. The summed E-state index contributed by atoms with van der Waals surface area (Å²) in [6, 6.07) is 0. The lowest BCUT2D eigenvalue weighted by Crippen LogP contribution is -2.53. The molecule has 5 heteroatoms. The van der Waals surface area contributed by atoms with Crippen LogP contribution < -0.4 is 5.32 Å². The van der Waals surface area contributed by atoms with Gasteiger partial charge in [-0.2, -0.15) is 0 Å². The van der Waals surface area contributed by atoms with Gasteiger partial charge in [-0.3, -0.25) is 19.7 Å². The summed E-state index contributed by atoms with van der Waals surface area (Å²) in [4.78, 5) is 22.7. The second-order valence-electron chi connectivity index (χ2n) is 5.19. The van der Waals surface area contributed by atoms with Gasteiger partial charge in [-0.05, 0) is 45.7 Å². The highest BCUT2D eigenvalue weighted by molar-refractivity contribution is 5.86. The minimum absolute atomic E-state index is 0.145. The third-order valence-corrected chi connectivity index (χ3v) is 4.10. The van der Waals surface area contributed by atoms with E-state index in [4.69, 9.17) is 0 Å². The first-order valence-electron chi connectivity index (χ1n) is 6.87. The molecule has 1 atom stereocenters. The average molecular weight is 262 g/mol. The Balaban J connectivity index is 1.96. The van der Waals surface area contributed by atoms with Crippen LogP contribution in [0.2, 0.25) is 0 Å². The van der Waals surface area contributed by atoms with Gasteiger partial charge in [-0.15, -0.1) is 0 Å². The zero-order chi connectivity index (χ0) is 13.7. The number of carbonyl (C=O) groups excluding carboxylic acids is 1. The average Bonchev–Trinajstić information content (AvgIpc) is 2.81. The molecule has 2 heterocycles. The first-order chi connectivity index (χ1) is 9.19. The van der Waals surface area contributed by atoms with E-state index >= 15 is 0 Å². The standard InChI is InChI=1S/C14H22N4O/c1-15-13(19)14(7-4-10-18(14)2)6-3-5-12-11-16-8-9-17-12/h8-9,11H,3-7,10H2,1-2H3,(H,15,19). The second kappa shape index (κ2) is 6.10. The molecule has 1 aromatic heterocycles. The summed E-state index contributed by atoms with van der Waals surface area (Å²) < 4.78 is 0. The second-order valence-corrected chi connectivity index (χ2v) is 5.19. The molecule has 1 aliphatic heterocycles. The Morgan fingerprint density at radius 3 is 2.95 bits per heavy atom. The molecule has 1 unspecified atom stereocenters. The van der Waals surface area contributed by atoms with E-state index < -0.39 is 0 Å². The molecule has 5 nitrogen and oxygen atoms in total. The van der Waals surface area contributed by atoms with Crippen molar-refractivity contribution in [3.8, 4) is 0 Å². The van der Waals surface area contributed by atoms with Gasteiger partial charge < -0.3 is 5.32 Å². The van der Waals surface area contributed by atoms with Crippen molar-refractivity contribution in [2.75, 3.05) is 20.6 Å². The highest BCUT2D eigenvalue weighted by Gasteiger charge is 2.44. The number of aryl methyl sites for hydroxylation is 1. The fraction of sp³-hybridized carbons (Fsp3) is 0.643. The molecule has 0 bridgehead atoms. The van der Waals surface area contributed by atoms with Crippen LogP contribution in [0.25, 0.3) is 0 Å². The molecule has 1 amide bonds. The Hall–Kier alpha value is -1.49. The minimum Gasteiger partial charge on any atom is -0.358 e. The van der Waals surface area contributed by atoms with Crippen molar-refractivity contribution in [2.45, 2.75) is 37.6 Å². The number of hydrogen-bond acceptors (Lipinski definition) is 4. The number of nitrogens with zero attached hydrogens (tertiary/aromatic N) is 3. The van der Waals surface area contributed by atoms with E-state index in [1.807, 2.05) is 7.05 Å². The van der Waals surface area contributed by atoms with Crippen LogP contribution in [-0.2, 0) is 11.2 Å². The van der Waals surface area contributed by atoms with Crippen LogP contribution in [0.3, 0.4) is 0 Å². The maximum Gasteiger partial charge on any atom is 0.240 e. The summed E-state index contributed by atoms with van der Waals surface area (Å²) in [6.45, 7) is 0.999. The van der Waals surface area contributed by atoms with Gasteiger partial charge in [0.15, 0.2) is 0 Å². The molecule has 1 saturated heterocycles. The molecule has 1 fully saturated rings. The van der Waals surface area contributed by atoms with E-state index in [1.165, 1.54) is 0 Å². The predicted octanol–water partition coefficient (Wildman–Crippen LogP) is 1.01. The van der Waals surface area contributed by atoms with Crippen LogP contribution in [0, 0.1) is 0 Å². The molecule has 104 valence electrons. The molecule has 0 radical (unpaired) electrons. The van der Waals surface area contributed by atoms with Crippen molar-refractivity contribution >= 4 is 5.91 Å². The number of hydrogen-bond donors (Lipinski definition) is 1. The van der Waals surface area contributed by atoms with Crippen LogP contribution in [0.15, 0.2) is 18.6 Å². The molecule has 0 aliphatic carbocycles. The lowest BCUT2D eigenvalue weighted by molar-refractivity contribution is -0.131. The van der Waals surface area contributed by atoms with E-state index in [0.29, 0.717) is 0 Å². The van der Waals surface area contributed by atoms with Gasteiger partial charge in [0, 0.05) is 25.6 Å². The van der Waals surface area contributed by atoms with Gasteiger partial charge in [0.25, 0.3) is 0 Å². The highest BCUT2D eigenvalue weighted by atomic mass is 16.2. The summed E-state index contributed by atoms with van der Waals surface area (Å²) in [5, 5.41) is 2.82. The Morgan fingerprint density at radius 2 is 2.37 bits per heavy atom. The molecule has 2 rings (SSSR count). The van der Waals surface area contributed by atoms with Crippen LogP contribution in [0.1, 0.15) is 31.4 Å². The van der Waals surface area contributed by atoms with Crippen LogP contribution in [0.4, 0.5) is 0 Å². The number of aromatic nitrogens is 2. The van der Waals surface area contributed by atoms with Crippen LogP contribution in [-0.4, -0.2) is 47.0 Å². The Kier molecular flexibility index (Phi) is 4.47. The highest BCUT2D eigenvalue weighted by Crippen LogP contribution is 2.32. The van der Waals surface area contributed by atoms with E-state index in [0.717, 1.165) is 44.3 Å².